The van der Waals surface area contributed by atoms with Crippen LogP contribution in [0, 0.1) is 0 Å². The van der Waals surface area contributed by atoms with Gasteiger partial charge in [0.1, 0.15) is 17.1 Å². The highest BCUT2D eigenvalue weighted by Gasteiger charge is 2.13. The SMILES string of the molecule is O=C(O)c1cc(OCCCCCCS(=O)(=O)c2ccccc2)ccc1O. The molecule has 7 heteroatoms. The van der Waals surface area contributed by atoms with Gasteiger partial charge in [-0.15, -0.1) is 0 Å². The lowest BCUT2D eigenvalue weighted by Crippen LogP contribution is -2.07. The van der Waals surface area contributed by atoms with Crippen molar-refractivity contribution in [2.24, 2.45) is 0 Å². The van der Waals surface area contributed by atoms with Crippen LogP contribution < -0.4 is 4.74 Å². The third-order valence-corrected chi connectivity index (χ3v) is 5.69. The van der Waals surface area contributed by atoms with Crippen molar-refractivity contribution < 1.29 is 28.2 Å². The Bertz CT molecular complexity index is 830. The minimum absolute atomic E-state index is 0.123. The zero-order chi connectivity index (χ0) is 19.0. The zero-order valence-corrected chi connectivity index (χ0v) is 15.1. The van der Waals surface area contributed by atoms with E-state index in [-0.39, 0.29) is 17.1 Å². The molecule has 0 aliphatic carbocycles. The molecule has 2 aromatic carbocycles. The van der Waals surface area contributed by atoms with Crippen LogP contribution in [0.2, 0.25) is 0 Å². The summed E-state index contributed by atoms with van der Waals surface area (Å²) in [5.74, 6) is -1.01. The number of sulfone groups is 1. The van der Waals surface area contributed by atoms with Gasteiger partial charge in [-0.1, -0.05) is 31.0 Å². The van der Waals surface area contributed by atoms with Crippen molar-refractivity contribution in [3.8, 4) is 11.5 Å². The molecular weight excluding hydrogens is 356 g/mol. The summed E-state index contributed by atoms with van der Waals surface area (Å²) in [6.07, 6.45) is 2.90. The van der Waals surface area contributed by atoms with Crippen molar-refractivity contribution >= 4 is 15.8 Å². The number of carbonyl (C=O) groups is 1. The van der Waals surface area contributed by atoms with Crippen molar-refractivity contribution in [1.29, 1.82) is 0 Å². The first-order chi connectivity index (χ1) is 12.4. The summed E-state index contributed by atoms with van der Waals surface area (Å²) >= 11 is 0. The lowest BCUT2D eigenvalue weighted by atomic mass is 10.2. The number of rotatable bonds is 10. The standard InChI is InChI=1S/C19H22O6S/c20-18-11-10-15(14-17(18)19(21)22)25-12-6-1-2-7-13-26(23,24)16-8-4-3-5-9-16/h3-5,8-11,14,20H,1-2,6-7,12-13H2,(H,21,22). The highest BCUT2D eigenvalue weighted by atomic mass is 32.2. The molecule has 0 fully saturated rings. The van der Waals surface area contributed by atoms with E-state index in [1.807, 2.05) is 0 Å². The van der Waals surface area contributed by atoms with Crippen LogP contribution in [0.25, 0.3) is 0 Å². The van der Waals surface area contributed by atoms with E-state index in [0.717, 1.165) is 19.3 Å². The van der Waals surface area contributed by atoms with Gasteiger partial charge in [-0.2, -0.15) is 0 Å². The third kappa shape index (κ3) is 5.77. The highest BCUT2D eigenvalue weighted by molar-refractivity contribution is 7.91. The highest BCUT2D eigenvalue weighted by Crippen LogP contribution is 2.23. The summed E-state index contributed by atoms with van der Waals surface area (Å²) in [7, 11) is -3.22. The number of carboxylic acids is 1. The molecule has 0 spiro atoms. The largest absolute Gasteiger partial charge is 0.507 e. The van der Waals surface area contributed by atoms with E-state index in [4.69, 9.17) is 9.84 Å². The molecule has 0 atom stereocenters. The van der Waals surface area contributed by atoms with Crippen LogP contribution in [0.5, 0.6) is 11.5 Å². The summed E-state index contributed by atoms with van der Waals surface area (Å²) in [5, 5.41) is 18.4. The average Bonchev–Trinajstić information content (AvgIpc) is 2.62. The molecule has 0 bridgehead atoms. The van der Waals surface area contributed by atoms with Crippen molar-refractivity contribution in [3.05, 3.63) is 54.1 Å². The molecule has 2 N–H and O–H groups in total. The van der Waals surface area contributed by atoms with Crippen LogP contribution in [0.1, 0.15) is 36.0 Å². The van der Waals surface area contributed by atoms with E-state index < -0.39 is 15.8 Å². The van der Waals surface area contributed by atoms with E-state index in [0.29, 0.717) is 23.7 Å². The molecule has 0 saturated heterocycles. The molecule has 140 valence electrons. The topological polar surface area (TPSA) is 101 Å². The first-order valence-electron chi connectivity index (χ1n) is 8.37. The van der Waals surface area contributed by atoms with Gasteiger partial charge < -0.3 is 14.9 Å². The van der Waals surface area contributed by atoms with E-state index in [1.165, 1.54) is 18.2 Å². The molecular formula is C19H22O6S. The first kappa shape index (κ1) is 19.8. The summed E-state index contributed by atoms with van der Waals surface area (Å²) in [6, 6.07) is 12.5. The fourth-order valence-electron chi connectivity index (χ4n) is 2.46. The van der Waals surface area contributed by atoms with Gasteiger partial charge in [0.25, 0.3) is 0 Å². The Balaban J connectivity index is 1.67. The van der Waals surface area contributed by atoms with Gasteiger partial charge in [-0.05, 0) is 43.2 Å². The number of phenols is 1. The van der Waals surface area contributed by atoms with Crippen molar-refractivity contribution in [3.63, 3.8) is 0 Å². The Morgan fingerprint density at radius 3 is 2.35 bits per heavy atom. The molecule has 26 heavy (non-hydrogen) atoms. The van der Waals surface area contributed by atoms with Crippen molar-refractivity contribution in [1.82, 2.24) is 0 Å². The molecule has 0 saturated carbocycles. The Morgan fingerprint density at radius 2 is 1.65 bits per heavy atom. The van der Waals surface area contributed by atoms with Crippen LogP contribution in [0.15, 0.2) is 53.4 Å². The van der Waals surface area contributed by atoms with Gasteiger partial charge in [0.05, 0.1) is 17.3 Å². The summed E-state index contributed by atoms with van der Waals surface area (Å²) < 4.78 is 29.7. The molecule has 0 heterocycles. The number of benzene rings is 2. The van der Waals surface area contributed by atoms with E-state index in [9.17, 15) is 18.3 Å². The number of unbranched alkanes of at least 4 members (excludes halogenated alkanes) is 3. The number of aromatic carboxylic acids is 1. The fourth-order valence-corrected chi connectivity index (χ4v) is 3.85. The summed E-state index contributed by atoms with van der Waals surface area (Å²) in [5.41, 5.74) is -0.200. The van der Waals surface area contributed by atoms with Gasteiger partial charge in [0, 0.05) is 0 Å². The molecule has 0 aromatic heterocycles. The fraction of sp³-hybridized carbons (Fsp3) is 0.316. The van der Waals surface area contributed by atoms with Gasteiger partial charge >= 0.3 is 5.97 Å². The minimum atomic E-state index is -3.22. The monoisotopic (exact) mass is 378 g/mol. The Labute approximate surface area is 153 Å². The number of carboxylic acid groups (broad SMARTS) is 1. The minimum Gasteiger partial charge on any atom is -0.507 e. The van der Waals surface area contributed by atoms with Gasteiger partial charge in [-0.25, -0.2) is 13.2 Å². The molecule has 0 aliphatic rings. The quantitative estimate of drug-likeness (QED) is 0.614. The number of hydrogen-bond donors (Lipinski definition) is 2. The lowest BCUT2D eigenvalue weighted by molar-refractivity contribution is 0.0693. The second-order valence-corrected chi connectivity index (χ2v) is 7.99. The molecule has 2 aromatic rings. The van der Waals surface area contributed by atoms with E-state index >= 15 is 0 Å². The van der Waals surface area contributed by atoms with Crippen LogP contribution in [-0.2, 0) is 9.84 Å². The molecule has 0 aliphatic heterocycles. The predicted octanol–water partition coefficient (Wildman–Crippen LogP) is 3.50. The number of ether oxygens (including phenoxy) is 1. The van der Waals surface area contributed by atoms with Crippen LogP contribution >= 0.6 is 0 Å². The normalized spacial score (nSPS) is 11.2. The maximum atomic E-state index is 12.1. The predicted molar refractivity (Wildman–Crippen MR) is 97.5 cm³/mol. The molecule has 0 amide bonds. The Hall–Kier alpha value is -2.54. The van der Waals surface area contributed by atoms with Crippen molar-refractivity contribution in [2.45, 2.75) is 30.6 Å². The average molecular weight is 378 g/mol. The van der Waals surface area contributed by atoms with Crippen LogP contribution in [0.4, 0.5) is 0 Å². The number of hydrogen-bond acceptors (Lipinski definition) is 5. The number of aromatic hydroxyl groups is 1. The van der Waals surface area contributed by atoms with Gasteiger partial charge in [0.2, 0.25) is 0 Å². The lowest BCUT2D eigenvalue weighted by Gasteiger charge is -2.08. The second kappa shape index (κ2) is 9.24. The van der Waals surface area contributed by atoms with Crippen molar-refractivity contribution in [2.75, 3.05) is 12.4 Å². The summed E-state index contributed by atoms with van der Waals surface area (Å²) in [4.78, 5) is 11.3. The molecule has 6 nitrogen and oxygen atoms in total. The zero-order valence-electron chi connectivity index (χ0n) is 14.3. The Kier molecular flexibility index (Phi) is 7.03. The molecule has 0 unspecified atom stereocenters. The Morgan fingerprint density at radius 1 is 0.962 bits per heavy atom. The van der Waals surface area contributed by atoms with Gasteiger partial charge in [0.15, 0.2) is 9.84 Å². The van der Waals surface area contributed by atoms with E-state index in [2.05, 4.69) is 0 Å². The first-order valence-corrected chi connectivity index (χ1v) is 10.0. The molecule has 2 rings (SSSR count). The van der Waals surface area contributed by atoms with Crippen LogP contribution in [-0.4, -0.2) is 37.0 Å². The maximum absolute atomic E-state index is 12.1. The third-order valence-electron chi connectivity index (χ3n) is 3.88. The van der Waals surface area contributed by atoms with E-state index in [1.54, 1.807) is 30.3 Å². The molecule has 0 radical (unpaired) electrons. The second-order valence-electron chi connectivity index (χ2n) is 5.88. The van der Waals surface area contributed by atoms with Crippen LogP contribution in [0.3, 0.4) is 0 Å². The smallest absolute Gasteiger partial charge is 0.339 e. The van der Waals surface area contributed by atoms with Gasteiger partial charge in [-0.3, -0.25) is 0 Å². The summed E-state index contributed by atoms with van der Waals surface area (Å²) in [6.45, 7) is 0.398. The maximum Gasteiger partial charge on any atom is 0.339 e.